The summed E-state index contributed by atoms with van der Waals surface area (Å²) in [6.07, 6.45) is 0.717. The predicted molar refractivity (Wildman–Crippen MR) is 61.9 cm³/mol. The second kappa shape index (κ2) is 6.20. The Bertz CT molecular complexity index is 397. The number of esters is 1. The third-order valence-corrected chi connectivity index (χ3v) is 2.46. The molecule has 0 amide bonds. The van der Waals surface area contributed by atoms with Gasteiger partial charge >= 0.3 is 5.97 Å². The molecular weight excluding hydrogens is 222 g/mol. The maximum absolute atomic E-state index is 11.7. The van der Waals surface area contributed by atoms with E-state index < -0.39 is 6.04 Å². The van der Waals surface area contributed by atoms with Crippen LogP contribution in [0.2, 0.25) is 0 Å². The number of ether oxygens (including phenoxy) is 2. The molecule has 0 aliphatic rings. The number of nitrogens with zero attached hydrogens (tertiary/aromatic N) is 1. The SMILES string of the molecule is CCOC(=O)[C@@H](C)n1c(C=O)ccc1COC. The van der Waals surface area contributed by atoms with Crippen LogP contribution in [0.15, 0.2) is 12.1 Å². The molecule has 0 saturated heterocycles. The highest BCUT2D eigenvalue weighted by Crippen LogP contribution is 2.17. The van der Waals surface area contributed by atoms with Gasteiger partial charge in [-0.1, -0.05) is 0 Å². The average molecular weight is 239 g/mol. The first-order chi connectivity index (χ1) is 8.15. The van der Waals surface area contributed by atoms with Gasteiger partial charge in [-0.3, -0.25) is 4.79 Å². The van der Waals surface area contributed by atoms with Crippen molar-refractivity contribution < 1.29 is 19.1 Å². The molecule has 0 fully saturated rings. The minimum Gasteiger partial charge on any atom is -0.464 e. The van der Waals surface area contributed by atoms with Crippen LogP contribution < -0.4 is 0 Å². The van der Waals surface area contributed by atoms with Crippen LogP contribution in [0.4, 0.5) is 0 Å². The zero-order valence-electron chi connectivity index (χ0n) is 10.3. The number of carbonyl (C=O) groups is 2. The molecule has 0 aliphatic carbocycles. The average Bonchev–Trinajstić information content (AvgIpc) is 2.72. The molecule has 0 spiro atoms. The first kappa shape index (κ1) is 13.4. The quantitative estimate of drug-likeness (QED) is 0.558. The van der Waals surface area contributed by atoms with Crippen molar-refractivity contribution in [3.63, 3.8) is 0 Å². The van der Waals surface area contributed by atoms with Gasteiger partial charge in [-0.05, 0) is 26.0 Å². The van der Waals surface area contributed by atoms with Gasteiger partial charge in [0.25, 0.3) is 0 Å². The lowest BCUT2D eigenvalue weighted by molar-refractivity contribution is -0.146. The molecule has 1 aromatic heterocycles. The first-order valence-corrected chi connectivity index (χ1v) is 5.46. The fourth-order valence-corrected chi connectivity index (χ4v) is 1.71. The molecule has 1 heterocycles. The summed E-state index contributed by atoms with van der Waals surface area (Å²) in [6.45, 7) is 4.11. The molecule has 0 unspecified atom stereocenters. The van der Waals surface area contributed by atoms with Crippen LogP contribution in [-0.2, 0) is 20.9 Å². The van der Waals surface area contributed by atoms with E-state index in [0.717, 1.165) is 12.0 Å². The van der Waals surface area contributed by atoms with Crippen LogP contribution in [0.3, 0.4) is 0 Å². The fraction of sp³-hybridized carbons (Fsp3) is 0.500. The number of hydrogen-bond donors (Lipinski definition) is 0. The standard InChI is InChI=1S/C12H17NO4/c1-4-17-12(15)9(2)13-10(7-14)5-6-11(13)8-16-3/h5-7,9H,4,8H2,1-3H3/t9-/m1/s1. The summed E-state index contributed by atoms with van der Waals surface area (Å²) in [5.74, 6) is -0.357. The van der Waals surface area contributed by atoms with E-state index in [1.54, 1.807) is 37.7 Å². The number of aldehydes is 1. The van der Waals surface area contributed by atoms with Crippen molar-refractivity contribution in [3.8, 4) is 0 Å². The van der Waals surface area contributed by atoms with Crippen molar-refractivity contribution in [3.05, 3.63) is 23.5 Å². The van der Waals surface area contributed by atoms with Gasteiger partial charge in [0.05, 0.1) is 18.9 Å². The topological polar surface area (TPSA) is 57.5 Å². The number of aromatic nitrogens is 1. The van der Waals surface area contributed by atoms with Gasteiger partial charge in [-0.25, -0.2) is 4.79 Å². The van der Waals surface area contributed by atoms with E-state index in [-0.39, 0.29) is 5.97 Å². The molecule has 0 aliphatic heterocycles. The van der Waals surface area contributed by atoms with Crippen LogP contribution in [0.25, 0.3) is 0 Å². The van der Waals surface area contributed by atoms with Crippen LogP contribution in [-0.4, -0.2) is 30.5 Å². The maximum Gasteiger partial charge on any atom is 0.328 e. The Morgan fingerprint density at radius 1 is 1.53 bits per heavy atom. The van der Waals surface area contributed by atoms with Gasteiger partial charge in [0.15, 0.2) is 6.29 Å². The summed E-state index contributed by atoms with van der Waals surface area (Å²) in [6, 6.07) is 2.90. The highest BCUT2D eigenvalue weighted by atomic mass is 16.5. The summed E-state index contributed by atoms with van der Waals surface area (Å²) in [4.78, 5) is 22.6. The van der Waals surface area contributed by atoms with E-state index in [9.17, 15) is 9.59 Å². The molecule has 1 rings (SSSR count). The highest BCUT2D eigenvalue weighted by molar-refractivity contribution is 5.78. The molecule has 17 heavy (non-hydrogen) atoms. The molecule has 0 bridgehead atoms. The van der Waals surface area contributed by atoms with Gasteiger partial charge in [0, 0.05) is 12.8 Å². The Kier molecular flexibility index (Phi) is 4.90. The predicted octanol–water partition coefficient (Wildman–Crippen LogP) is 1.57. The maximum atomic E-state index is 11.7. The normalized spacial score (nSPS) is 12.2. The Labute approximate surface area is 100 Å². The van der Waals surface area contributed by atoms with Crippen molar-refractivity contribution in [2.24, 2.45) is 0 Å². The Balaban J connectivity index is 3.04. The fourth-order valence-electron chi connectivity index (χ4n) is 1.71. The molecule has 0 saturated carbocycles. The van der Waals surface area contributed by atoms with Crippen molar-refractivity contribution in [1.29, 1.82) is 0 Å². The molecule has 0 aromatic carbocycles. The van der Waals surface area contributed by atoms with Crippen molar-refractivity contribution >= 4 is 12.3 Å². The number of methoxy groups -OCH3 is 1. The van der Waals surface area contributed by atoms with Crippen LogP contribution in [0, 0.1) is 0 Å². The van der Waals surface area contributed by atoms with E-state index in [1.165, 1.54) is 0 Å². The van der Waals surface area contributed by atoms with Crippen molar-refractivity contribution in [2.75, 3.05) is 13.7 Å². The third kappa shape index (κ3) is 2.94. The van der Waals surface area contributed by atoms with Crippen molar-refractivity contribution in [1.82, 2.24) is 4.57 Å². The van der Waals surface area contributed by atoms with Crippen LogP contribution in [0.1, 0.15) is 36.1 Å². The summed E-state index contributed by atoms with van der Waals surface area (Å²) in [5, 5.41) is 0. The van der Waals surface area contributed by atoms with Gasteiger partial charge < -0.3 is 14.0 Å². The highest BCUT2D eigenvalue weighted by Gasteiger charge is 2.21. The molecule has 1 atom stereocenters. The second-order valence-corrected chi connectivity index (χ2v) is 3.60. The van der Waals surface area contributed by atoms with E-state index >= 15 is 0 Å². The number of hydrogen-bond acceptors (Lipinski definition) is 4. The van der Waals surface area contributed by atoms with Crippen molar-refractivity contribution in [2.45, 2.75) is 26.5 Å². The Morgan fingerprint density at radius 2 is 2.24 bits per heavy atom. The lowest BCUT2D eigenvalue weighted by Crippen LogP contribution is -2.22. The molecule has 0 radical (unpaired) electrons. The molecule has 94 valence electrons. The van der Waals surface area contributed by atoms with E-state index in [2.05, 4.69) is 0 Å². The Morgan fingerprint density at radius 3 is 2.76 bits per heavy atom. The molecule has 0 N–H and O–H groups in total. The van der Waals surface area contributed by atoms with Crippen LogP contribution >= 0.6 is 0 Å². The molecule has 5 nitrogen and oxygen atoms in total. The van der Waals surface area contributed by atoms with E-state index in [1.807, 2.05) is 0 Å². The molecule has 1 aromatic rings. The second-order valence-electron chi connectivity index (χ2n) is 3.60. The largest absolute Gasteiger partial charge is 0.464 e. The zero-order chi connectivity index (χ0) is 12.8. The first-order valence-electron chi connectivity index (χ1n) is 5.46. The number of carbonyl (C=O) groups excluding carboxylic acids is 2. The lowest BCUT2D eigenvalue weighted by Gasteiger charge is -2.17. The monoisotopic (exact) mass is 239 g/mol. The summed E-state index contributed by atoms with van der Waals surface area (Å²) in [7, 11) is 1.56. The van der Waals surface area contributed by atoms with Gasteiger partial charge in [-0.2, -0.15) is 0 Å². The van der Waals surface area contributed by atoms with Gasteiger partial charge in [0.1, 0.15) is 6.04 Å². The van der Waals surface area contributed by atoms with Gasteiger partial charge in [-0.15, -0.1) is 0 Å². The summed E-state index contributed by atoms with van der Waals surface area (Å²) < 4.78 is 11.6. The Hall–Kier alpha value is -1.62. The molecular formula is C12H17NO4. The zero-order valence-corrected chi connectivity index (χ0v) is 10.3. The van der Waals surface area contributed by atoms with E-state index in [0.29, 0.717) is 18.9 Å². The lowest BCUT2D eigenvalue weighted by atomic mass is 10.3. The molecule has 5 heteroatoms. The van der Waals surface area contributed by atoms with E-state index in [4.69, 9.17) is 9.47 Å². The minimum atomic E-state index is -0.532. The third-order valence-electron chi connectivity index (χ3n) is 2.46. The summed E-state index contributed by atoms with van der Waals surface area (Å²) in [5.41, 5.74) is 1.22. The minimum absolute atomic E-state index is 0.320. The van der Waals surface area contributed by atoms with Gasteiger partial charge in [0.2, 0.25) is 0 Å². The summed E-state index contributed by atoms with van der Waals surface area (Å²) >= 11 is 0. The smallest absolute Gasteiger partial charge is 0.328 e. The van der Waals surface area contributed by atoms with Crippen LogP contribution in [0.5, 0.6) is 0 Å². The number of rotatable bonds is 6.